The third-order valence-corrected chi connectivity index (χ3v) is 1.47. The number of aryl methyl sites for hydroxylation is 1. The zero-order valence-corrected chi connectivity index (χ0v) is 6.58. The minimum Gasteiger partial charge on any atom is -0.423 e. The highest BCUT2D eigenvalue weighted by Crippen LogP contribution is 1.99. The minimum absolute atomic E-state index is 0.0764. The molecule has 0 spiro atoms. The maximum absolute atomic E-state index is 8.69. The molecule has 6 heteroatoms. The second-order valence-electron chi connectivity index (χ2n) is 2.04. The van der Waals surface area contributed by atoms with E-state index < -0.39 is 7.12 Å². The summed E-state index contributed by atoms with van der Waals surface area (Å²) in [6.45, 7) is 1.67. The molecule has 0 atom stereocenters. The van der Waals surface area contributed by atoms with Crippen molar-refractivity contribution in [2.75, 3.05) is 0 Å². The number of hydrogen-bond donors (Lipinski definition) is 2. The molecule has 2 N–H and O–H groups in total. The van der Waals surface area contributed by atoms with Crippen molar-refractivity contribution < 1.29 is 10.0 Å². The van der Waals surface area contributed by atoms with Crippen LogP contribution in [0.15, 0.2) is 6.20 Å². The lowest BCUT2D eigenvalue weighted by atomic mass is 9.83. The number of nitrogens with zero attached hydrogens (tertiary/aromatic N) is 2. The van der Waals surface area contributed by atoms with Crippen LogP contribution in [0.5, 0.6) is 0 Å². The standard InChI is InChI=1S/C5H6BClN2O2/c1-3-8-2-4(6(10)11)5(7)9-3/h2,10-11H,1H3. The Balaban J connectivity index is 3.09. The summed E-state index contributed by atoms with van der Waals surface area (Å²) < 4.78 is 0. The Morgan fingerprint density at radius 2 is 2.18 bits per heavy atom. The predicted octanol–water partition coefficient (Wildman–Crippen LogP) is -0.882. The fraction of sp³-hybridized carbons (Fsp3) is 0.200. The van der Waals surface area contributed by atoms with Crippen molar-refractivity contribution >= 4 is 24.2 Å². The highest BCUT2D eigenvalue weighted by atomic mass is 35.5. The average molecular weight is 172 g/mol. The van der Waals surface area contributed by atoms with Gasteiger partial charge in [-0.3, -0.25) is 0 Å². The van der Waals surface area contributed by atoms with Crippen LogP contribution in [0.3, 0.4) is 0 Å². The molecule has 1 aromatic heterocycles. The van der Waals surface area contributed by atoms with Gasteiger partial charge in [0.25, 0.3) is 0 Å². The molecule has 0 aliphatic carbocycles. The molecule has 58 valence electrons. The Kier molecular flexibility index (Phi) is 2.43. The van der Waals surface area contributed by atoms with Gasteiger partial charge in [0.1, 0.15) is 11.0 Å². The minimum atomic E-state index is -1.61. The first kappa shape index (κ1) is 8.45. The van der Waals surface area contributed by atoms with Crippen LogP contribution in [-0.2, 0) is 0 Å². The van der Waals surface area contributed by atoms with Crippen molar-refractivity contribution in [2.24, 2.45) is 0 Å². The molecule has 11 heavy (non-hydrogen) atoms. The molecule has 0 bridgehead atoms. The van der Waals surface area contributed by atoms with Gasteiger partial charge in [-0.05, 0) is 6.92 Å². The zero-order valence-electron chi connectivity index (χ0n) is 5.82. The van der Waals surface area contributed by atoms with E-state index in [1.807, 2.05) is 0 Å². The van der Waals surface area contributed by atoms with E-state index in [1.165, 1.54) is 6.20 Å². The molecule has 1 heterocycles. The highest BCUT2D eigenvalue weighted by Gasteiger charge is 2.16. The molecule has 0 radical (unpaired) electrons. The predicted molar refractivity (Wildman–Crippen MR) is 41.6 cm³/mol. The monoisotopic (exact) mass is 172 g/mol. The second-order valence-corrected chi connectivity index (χ2v) is 2.40. The Labute approximate surface area is 69.0 Å². The Morgan fingerprint density at radius 1 is 1.55 bits per heavy atom. The second kappa shape index (κ2) is 3.17. The van der Waals surface area contributed by atoms with Crippen molar-refractivity contribution in [2.45, 2.75) is 6.92 Å². The van der Waals surface area contributed by atoms with Gasteiger partial charge in [0.05, 0.1) is 0 Å². The van der Waals surface area contributed by atoms with Crippen LogP contribution >= 0.6 is 11.6 Å². The first-order valence-corrected chi connectivity index (χ1v) is 3.34. The molecule has 0 unspecified atom stereocenters. The molecule has 0 aromatic carbocycles. The fourth-order valence-electron chi connectivity index (χ4n) is 0.625. The molecule has 0 amide bonds. The molecule has 1 aromatic rings. The summed E-state index contributed by atoms with van der Waals surface area (Å²) in [7, 11) is -1.61. The summed E-state index contributed by atoms with van der Waals surface area (Å²) >= 11 is 5.55. The quantitative estimate of drug-likeness (QED) is 0.426. The summed E-state index contributed by atoms with van der Waals surface area (Å²) in [5.41, 5.74) is 0.122. The molecular weight excluding hydrogens is 166 g/mol. The van der Waals surface area contributed by atoms with Crippen LogP contribution in [0, 0.1) is 6.92 Å². The van der Waals surface area contributed by atoms with E-state index in [4.69, 9.17) is 21.6 Å². The number of aromatic nitrogens is 2. The lowest BCUT2D eigenvalue weighted by Crippen LogP contribution is -2.32. The summed E-state index contributed by atoms with van der Waals surface area (Å²) in [6.07, 6.45) is 1.29. The molecule has 1 rings (SSSR count). The van der Waals surface area contributed by atoms with E-state index in [-0.39, 0.29) is 10.6 Å². The first-order valence-electron chi connectivity index (χ1n) is 2.96. The van der Waals surface area contributed by atoms with Crippen LogP contribution in [0.25, 0.3) is 0 Å². The van der Waals surface area contributed by atoms with Gasteiger partial charge in [0.2, 0.25) is 0 Å². The van der Waals surface area contributed by atoms with E-state index in [2.05, 4.69) is 9.97 Å². The van der Waals surface area contributed by atoms with Gasteiger partial charge in [-0.2, -0.15) is 0 Å². The Morgan fingerprint density at radius 3 is 2.64 bits per heavy atom. The van der Waals surface area contributed by atoms with E-state index in [0.717, 1.165) is 0 Å². The van der Waals surface area contributed by atoms with Crippen molar-refractivity contribution in [1.29, 1.82) is 0 Å². The third kappa shape index (κ3) is 1.89. The molecule has 0 saturated heterocycles. The zero-order chi connectivity index (χ0) is 8.43. The first-order chi connectivity index (χ1) is 5.11. The largest absolute Gasteiger partial charge is 0.493 e. The maximum atomic E-state index is 8.69. The third-order valence-electron chi connectivity index (χ3n) is 1.17. The van der Waals surface area contributed by atoms with Crippen LogP contribution in [0.2, 0.25) is 5.15 Å². The molecule has 0 aliphatic heterocycles. The number of rotatable bonds is 1. The SMILES string of the molecule is Cc1ncc(B(O)O)c(Cl)n1. The van der Waals surface area contributed by atoms with Crippen molar-refractivity contribution in [3.63, 3.8) is 0 Å². The molecule has 4 nitrogen and oxygen atoms in total. The summed E-state index contributed by atoms with van der Waals surface area (Å²) in [5, 5.41) is 17.4. The van der Waals surface area contributed by atoms with Crippen molar-refractivity contribution in [3.05, 3.63) is 17.2 Å². The van der Waals surface area contributed by atoms with Crippen LogP contribution in [0.1, 0.15) is 5.82 Å². The van der Waals surface area contributed by atoms with Crippen molar-refractivity contribution in [1.82, 2.24) is 9.97 Å². The smallest absolute Gasteiger partial charge is 0.423 e. The van der Waals surface area contributed by atoms with Gasteiger partial charge in [0.15, 0.2) is 0 Å². The van der Waals surface area contributed by atoms with E-state index in [0.29, 0.717) is 5.82 Å². The van der Waals surface area contributed by atoms with Crippen LogP contribution in [-0.4, -0.2) is 27.1 Å². The number of halogens is 1. The number of hydrogen-bond acceptors (Lipinski definition) is 4. The summed E-state index contributed by atoms with van der Waals surface area (Å²) in [4.78, 5) is 7.47. The van der Waals surface area contributed by atoms with E-state index in [9.17, 15) is 0 Å². The molecule has 0 fully saturated rings. The van der Waals surface area contributed by atoms with Gasteiger partial charge in [0, 0.05) is 11.7 Å². The Hall–Kier alpha value is -0.645. The van der Waals surface area contributed by atoms with Gasteiger partial charge in [-0.1, -0.05) is 11.6 Å². The average Bonchev–Trinajstić information content (AvgIpc) is 1.85. The Bertz CT molecular complexity index is 269. The summed E-state index contributed by atoms with van der Waals surface area (Å²) in [5.74, 6) is 0.499. The topological polar surface area (TPSA) is 66.2 Å². The van der Waals surface area contributed by atoms with Gasteiger partial charge < -0.3 is 10.0 Å². The summed E-state index contributed by atoms with van der Waals surface area (Å²) in [6, 6.07) is 0. The molecular formula is C5H6BClN2O2. The van der Waals surface area contributed by atoms with E-state index >= 15 is 0 Å². The van der Waals surface area contributed by atoms with E-state index in [1.54, 1.807) is 6.92 Å². The highest BCUT2D eigenvalue weighted by molar-refractivity contribution is 6.62. The lowest BCUT2D eigenvalue weighted by Gasteiger charge is -2.00. The molecule has 0 aliphatic rings. The van der Waals surface area contributed by atoms with Crippen molar-refractivity contribution in [3.8, 4) is 0 Å². The fourth-order valence-corrected chi connectivity index (χ4v) is 0.894. The van der Waals surface area contributed by atoms with Crippen LogP contribution in [0.4, 0.5) is 0 Å². The van der Waals surface area contributed by atoms with Gasteiger partial charge in [-0.15, -0.1) is 0 Å². The van der Waals surface area contributed by atoms with Gasteiger partial charge in [-0.25, -0.2) is 9.97 Å². The van der Waals surface area contributed by atoms with Crippen LogP contribution < -0.4 is 5.46 Å². The normalized spacial score (nSPS) is 9.82. The lowest BCUT2D eigenvalue weighted by molar-refractivity contribution is 0.425. The maximum Gasteiger partial charge on any atom is 0.493 e. The van der Waals surface area contributed by atoms with Gasteiger partial charge >= 0.3 is 7.12 Å². The molecule has 0 saturated carbocycles.